The van der Waals surface area contributed by atoms with Crippen molar-refractivity contribution in [3.8, 4) is 5.75 Å². The van der Waals surface area contributed by atoms with Crippen molar-refractivity contribution in [3.05, 3.63) is 35.4 Å². The van der Waals surface area contributed by atoms with Gasteiger partial charge in [-0.3, -0.25) is 9.69 Å². The summed E-state index contributed by atoms with van der Waals surface area (Å²) in [5, 5.41) is 19.5. The maximum Gasteiger partial charge on any atom is 0.303 e. The molecule has 0 amide bonds. The lowest BCUT2D eigenvalue weighted by molar-refractivity contribution is -0.137. The van der Waals surface area contributed by atoms with E-state index in [1.807, 2.05) is 18.2 Å². The number of aliphatic hydroxyl groups excluding tert-OH is 1. The van der Waals surface area contributed by atoms with Crippen LogP contribution in [0.25, 0.3) is 6.08 Å². The Kier molecular flexibility index (Phi) is 13.0. The number of ether oxygens (including phenoxy) is 2. The van der Waals surface area contributed by atoms with E-state index in [9.17, 15) is 9.90 Å². The third-order valence-electron chi connectivity index (χ3n) is 5.84. The Labute approximate surface area is 193 Å². The Bertz CT molecular complexity index is 685. The number of carboxylic acid groups (broad SMARTS) is 1. The highest BCUT2D eigenvalue weighted by atomic mass is 16.5. The minimum Gasteiger partial charge on any atom is -0.492 e. The molecule has 1 fully saturated rings. The van der Waals surface area contributed by atoms with Gasteiger partial charge in [0.05, 0.1) is 19.3 Å². The maximum absolute atomic E-state index is 10.8. The zero-order valence-corrected chi connectivity index (χ0v) is 19.6. The number of allylic oxidation sites excluding steroid dienone is 1. The number of benzene rings is 1. The first kappa shape index (κ1) is 26.4. The summed E-state index contributed by atoms with van der Waals surface area (Å²) in [7, 11) is 0. The lowest BCUT2D eigenvalue weighted by atomic mass is 9.97. The van der Waals surface area contributed by atoms with E-state index in [0.717, 1.165) is 56.1 Å². The van der Waals surface area contributed by atoms with Gasteiger partial charge in [-0.1, -0.05) is 50.8 Å². The van der Waals surface area contributed by atoms with Crippen LogP contribution >= 0.6 is 0 Å². The Hall–Kier alpha value is -1.89. The van der Waals surface area contributed by atoms with E-state index in [1.54, 1.807) is 0 Å². The molecule has 1 aliphatic rings. The molecule has 0 spiro atoms. The molecule has 1 heterocycles. The molecule has 0 aromatic heterocycles. The average molecular weight is 448 g/mol. The molecule has 1 unspecified atom stereocenters. The quantitative estimate of drug-likeness (QED) is 0.345. The number of hydrogen-bond acceptors (Lipinski definition) is 5. The number of carboxylic acids is 1. The van der Waals surface area contributed by atoms with Crippen LogP contribution in [0.4, 0.5) is 0 Å². The van der Waals surface area contributed by atoms with E-state index in [-0.39, 0.29) is 6.42 Å². The van der Waals surface area contributed by atoms with Gasteiger partial charge in [0.15, 0.2) is 0 Å². The third kappa shape index (κ3) is 10.6. The first-order valence-electron chi connectivity index (χ1n) is 12.2. The average Bonchev–Trinajstić information content (AvgIpc) is 2.79. The van der Waals surface area contributed by atoms with Gasteiger partial charge in [-0.05, 0) is 48.9 Å². The van der Waals surface area contributed by atoms with E-state index < -0.39 is 12.1 Å². The minimum atomic E-state index is -0.829. The summed E-state index contributed by atoms with van der Waals surface area (Å²) in [6.07, 6.45) is 11.8. The van der Waals surface area contributed by atoms with Crippen LogP contribution in [0, 0.1) is 0 Å². The van der Waals surface area contributed by atoms with Gasteiger partial charge in [0, 0.05) is 26.1 Å². The second-order valence-corrected chi connectivity index (χ2v) is 8.50. The second-order valence-electron chi connectivity index (χ2n) is 8.50. The van der Waals surface area contributed by atoms with Gasteiger partial charge in [-0.25, -0.2) is 0 Å². The van der Waals surface area contributed by atoms with Gasteiger partial charge < -0.3 is 19.7 Å². The van der Waals surface area contributed by atoms with E-state index in [4.69, 9.17) is 14.6 Å². The Morgan fingerprint density at radius 3 is 2.72 bits per heavy atom. The zero-order valence-electron chi connectivity index (χ0n) is 19.6. The minimum absolute atomic E-state index is 0.0722. The van der Waals surface area contributed by atoms with Crippen LogP contribution < -0.4 is 4.74 Å². The fraction of sp³-hybridized carbons (Fsp3) is 0.654. The second kappa shape index (κ2) is 15.8. The van der Waals surface area contributed by atoms with E-state index in [2.05, 4.69) is 24.0 Å². The molecule has 1 aromatic rings. The summed E-state index contributed by atoms with van der Waals surface area (Å²) in [6.45, 7) is 7.14. The predicted molar refractivity (Wildman–Crippen MR) is 128 cm³/mol. The molecule has 2 rings (SSSR count). The summed E-state index contributed by atoms with van der Waals surface area (Å²) in [5.41, 5.74) is 1.78. The van der Waals surface area contributed by atoms with Crippen molar-refractivity contribution in [2.45, 2.75) is 70.8 Å². The van der Waals surface area contributed by atoms with Crippen LogP contribution in [0.15, 0.2) is 24.3 Å². The van der Waals surface area contributed by atoms with Gasteiger partial charge in [0.2, 0.25) is 0 Å². The number of aliphatic hydroxyl groups is 1. The van der Waals surface area contributed by atoms with Crippen LogP contribution in [-0.2, 0) is 9.53 Å². The molecule has 1 aliphatic heterocycles. The molecule has 0 aliphatic carbocycles. The molecule has 1 atom stereocenters. The number of aliphatic carboxylic acids is 1. The topological polar surface area (TPSA) is 79.2 Å². The summed E-state index contributed by atoms with van der Waals surface area (Å²) in [4.78, 5) is 13.1. The molecule has 6 nitrogen and oxygen atoms in total. The third-order valence-corrected chi connectivity index (χ3v) is 5.84. The number of morpholine rings is 1. The van der Waals surface area contributed by atoms with Gasteiger partial charge in [-0.15, -0.1) is 0 Å². The molecule has 6 heteroatoms. The highest BCUT2D eigenvalue weighted by molar-refractivity contribution is 5.66. The lowest BCUT2D eigenvalue weighted by Gasteiger charge is -2.26. The van der Waals surface area contributed by atoms with Gasteiger partial charge >= 0.3 is 5.97 Å². The molecule has 32 heavy (non-hydrogen) atoms. The molecule has 0 radical (unpaired) electrons. The van der Waals surface area contributed by atoms with Crippen LogP contribution in [0.3, 0.4) is 0 Å². The van der Waals surface area contributed by atoms with Crippen molar-refractivity contribution in [2.24, 2.45) is 0 Å². The van der Waals surface area contributed by atoms with Crippen molar-refractivity contribution in [2.75, 3.05) is 39.5 Å². The fourth-order valence-corrected chi connectivity index (χ4v) is 3.89. The predicted octanol–water partition coefficient (Wildman–Crippen LogP) is 5.06. The van der Waals surface area contributed by atoms with Crippen LogP contribution in [0.2, 0.25) is 0 Å². The van der Waals surface area contributed by atoms with Gasteiger partial charge in [-0.2, -0.15) is 0 Å². The monoisotopic (exact) mass is 447 g/mol. The van der Waals surface area contributed by atoms with Crippen molar-refractivity contribution in [1.82, 2.24) is 4.90 Å². The molecule has 1 saturated heterocycles. The summed E-state index contributed by atoms with van der Waals surface area (Å²) < 4.78 is 11.4. The molecule has 0 bridgehead atoms. The number of hydrogen-bond donors (Lipinski definition) is 2. The van der Waals surface area contributed by atoms with E-state index in [1.165, 1.54) is 32.1 Å². The van der Waals surface area contributed by atoms with Crippen molar-refractivity contribution < 1.29 is 24.5 Å². The molecule has 1 aromatic carbocycles. The Morgan fingerprint density at radius 1 is 1.19 bits per heavy atom. The van der Waals surface area contributed by atoms with E-state index in [0.29, 0.717) is 19.4 Å². The first-order valence-corrected chi connectivity index (χ1v) is 12.2. The summed E-state index contributed by atoms with van der Waals surface area (Å²) in [5.74, 6) is -0.0354. The van der Waals surface area contributed by atoms with E-state index >= 15 is 0 Å². The number of unbranched alkanes of at least 4 members (excludes halogenated alkanes) is 5. The van der Waals surface area contributed by atoms with Crippen LogP contribution in [-0.4, -0.2) is 60.5 Å². The van der Waals surface area contributed by atoms with Crippen LogP contribution in [0.1, 0.15) is 81.9 Å². The summed E-state index contributed by atoms with van der Waals surface area (Å²) in [6, 6.07) is 5.80. The number of carbonyl (C=O) groups is 1. The Balaban J connectivity index is 1.95. The maximum atomic E-state index is 10.8. The Morgan fingerprint density at radius 2 is 1.97 bits per heavy atom. The molecular weight excluding hydrogens is 406 g/mol. The van der Waals surface area contributed by atoms with Crippen LogP contribution in [0.5, 0.6) is 5.75 Å². The molecule has 0 saturated carbocycles. The van der Waals surface area contributed by atoms with Crippen molar-refractivity contribution >= 4 is 12.0 Å². The molecule has 2 N–H and O–H groups in total. The SMILES string of the molecule is CCCCCCC/C=C/c1cc(OCCN2CCOCC2)ccc1C(O)CCCC(=O)O. The van der Waals surface area contributed by atoms with Crippen molar-refractivity contribution in [1.29, 1.82) is 0 Å². The lowest BCUT2D eigenvalue weighted by Crippen LogP contribution is -2.38. The highest BCUT2D eigenvalue weighted by Gasteiger charge is 2.14. The van der Waals surface area contributed by atoms with Gasteiger partial charge in [0.1, 0.15) is 12.4 Å². The largest absolute Gasteiger partial charge is 0.492 e. The summed E-state index contributed by atoms with van der Waals surface area (Å²) >= 11 is 0. The standard InChI is InChI=1S/C26H41NO5/c1-2-3-4-5-6-7-8-10-22-21-23(32-20-17-27-15-18-31-19-16-27)13-14-24(22)25(28)11-9-12-26(29)30/h8,10,13-14,21,25,28H,2-7,9,11-12,15-20H2,1H3,(H,29,30)/b10-8+. The number of rotatable bonds is 16. The smallest absolute Gasteiger partial charge is 0.303 e. The first-order chi connectivity index (χ1) is 15.6. The molecule has 180 valence electrons. The normalized spacial score (nSPS) is 15.8. The van der Waals surface area contributed by atoms with Gasteiger partial charge in [0.25, 0.3) is 0 Å². The molecular formula is C26H41NO5. The zero-order chi connectivity index (χ0) is 23.0. The fourth-order valence-electron chi connectivity index (χ4n) is 3.89. The highest BCUT2D eigenvalue weighted by Crippen LogP contribution is 2.28. The van der Waals surface area contributed by atoms with Crippen molar-refractivity contribution in [3.63, 3.8) is 0 Å². The number of nitrogens with zero attached hydrogens (tertiary/aromatic N) is 1.